The number of fused-ring (bicyclic) bond motifs is 1. The van der Waals surface area contributed by atoms with Gasteiger partial charge < -0.3 is 5.32 Å². The SMILES string of the molecule is CSc1nc2nc(C)c(CC(=O)NCCCC3CCCC3)c(C)n2n1. The number of aromatic nitrogens is 4. The van der Waals surface area contributed by atoms with Gasteiger partial charge in [0.15, 0.2) is 0 Å². The highest BCUT2D eigenvalue weighted by atomic mass is 32.2. The number of nitrogens with zero attached hydrogens (tertiary/aromatic N) is 4. The molecule has 2 aromatic rings. The van der Waals surface area contributed by atoms with Crippen LogP contribution in [0.5, 0.6) is 0 Å². The molecule has 1 saturated carbocycles. The lowest BCUT2D eigenvalue weighted by molar-refractivity contribution is -0.120. The zero-order valence-electron chi connectivity index (χ0n) is 15.3. The molecule has 0 radical (unpaired) electrons. The van der Waals surface area contributed by atoms with Crippen LogP contribution in [-0.4, -0.2) is 38.3 Å². The molecule has 0 bridgehead atoms. The lowest BCUT2D eigenvalue weighted by Crippen LogP contribution is -2.27. The van der Waals surface area contributed by atoms with Crippen molar-refractivity contribution in [3.05, 3.63) is 17.0 Å². The summed E-state index contributed by atoms with van der Waals surface area (Å²) in [5, 5.41) is 8.19. The number of hydrogen-bond acceptors (Lipinski definition) is 5. The number of aryl methyl sites for hydroxylation is 2. The molecule has 1 aliphatic carbocycles. The molecular formula is C18H27N5OS. The van der Waals surface area contributed by atoms with Gasteiger partial charge in [-0.25, -0.2) is 9.50 Å². The molecule has 25 heavy (non-hydrogen) atoms. The van der Waals surface area contributed by atoms with Gasteiger partial charge >= 0.3 is 0 Å². The van der Waals surface area contributed by atoms with Gasteiger partial charge in [0.25, 0.3) is 5.78 Å². The predicted octanol–water partition coefficient (Wildman–Crippen LogP) is 3.09. The summed E-state index contributed by atoms with van der Waals surface area (Å²) in [6.07, 6.45) is 10.1. The third-order valence-electron chi connectivity index (χ3n) is 5.14. The van der Waals surface area contributed by atoms with Crippen LogP contribution in [0.2, 0.25) is 0 Å². The van der Waals surface area contributed by atoms with Crippen molar-refractivity contribution in [3.63, 3.8) is 0 Å². The molecule has 2 aromatic heterocycles. The summed E-state index contributed by atoms with van der Waals surface area (Å²) >= 11 is 1.49. The van der Waals surface area contributed by atoms with Crippen LogP contribution in [0.1, 0.15) is 55.5 Å². The van der Waals surface area contributed by atoms with Crippen LogP contribution in [0, 0.1) is 19.8 Å². The molecule has 1 fully saturated rings. The Hall–Kier alpha value is -1.63. The van der Waals surface area contributed by atoms with Crippen LogP contribution in [0.4, 0.5) is 0 Å². The summed E-state index contributed by atoms with van der Waals surface area (Å²) in [5.41, 5.74) is 2.74. The summed E-state index contributed by atoms with van der Waals surface area (Å²) in [7, 11) is 0. The van der Waals surface area contributed by atoms with Gasteiger partial charge in [-0.3, -0.25) is 4.79 Å². The maximum atomic E-state index is 12.3. The van der Waals surface area contributed by atoms with Gasteiger partial charge in [0.05, 0.1) is 6.42 Å². The van der Waals surface area contributed by atoms with Crippen LogP contribution in [0.3, 0.4) is 0 Å². The first-order valence-electron chi connectivity index (χ1n) is 9.12. The third kappa shape index (κ3) is 4.32. The second-order valence-corrected chi connectivity index (χ2v) is 7.66. The van der Waals surface area contributed by atoms with E-state index >= 15 is 0 Å². The van der Waals surface area contributed by atoms with Gasteiger partial charge in [0, 0.05) is 23.5 Å². The summed E-state index contributed by atoms with van der Waals surface area (Å²) in [5.74, 6) is 1.54. The Bertz CT molecular complexity index is 751. The summed E-state index contributed by atoms with van der Waals surface area (Å²) < 4.78 is 1.74. The van der Waals surface area contributed by atoms with Crippen molar-refractivity contribution in [2.24, 2.45) is 5.92 Å². The molecular weight excluding hydrogens is 334 g/mol. The fourth-order valence-corrected chi connectivity index (χ4v) is 4.01. The molecule has 3 rings (SSSR count). The molecule has 1 aliphatic rings. The van der Waals surface area contributed by atoms with Crippen LogP contribution in [0.15, 0.2) is 5.16 Å². The molecule has 7 heteroatoms. The fourth-order valence-electron chi connectivity index (χ4n) is 3.67. The Labute approximate surface area is 153 Å². The quantitative estimate of drug-likeness (QED) is 0.606. The van der Waals surface area contributed by atoms with Gasteiger partial charge in [-0.15, -0.1) is 5.10 Å². The van der Waals surface area contributed by atoms with Crippen LogP contribution >= 0.6 is 11.8 Å². The number of rotatable bonds is 7. The number of carbonyl (C=O) groups excluding carboxylic acids is 1. The Morgan fingerprint density at radius 1 is 1.28 bits per heavy atom. The Morgan fingerprint density at radius 3 is 2.76 bits per heavy atom. The van der Waals surface area contributed by atoms with Gasteiger partial charge in [-0.1, -0.05) is 37.4 Å². The molecule has 0 unspecified atom stereocenters. The van der Waals surface area contributed by atoms with Crippen molar-refractivity contribution in [1.29, 1.82) is 0 Å². The second kappa shape index (κ2) is 8.17. The predicted molar refractivity (Wildman–Crippen MR) is 99.9 cm³/mol. The summed E-state index contributed by atoms with van der Waals surface area (Å²) in [6, 6.07) is 0. The first kappa shape index (κ1) is 18.2. The largest absolute Gasteiger partial charge is 0.356 e. The highest BCUT2D eigenvalue weighted by molar-refractivity contribution is 7.98. The van der Waals surface area contributed by atoms with E-state index in [1.165, 1.54) is 43.9 Å². The smallest absolute Gasteiger partial charge is 0.253 e. The van der Waals surface area contributed by atoms with E-state index in [-0.39, 0.29) is 5.91 Å². The van der Waals surface area contributed by atoms with Crippen molar-refractivity contribution in [2.75, 3.05) is 12.8 Å². The second-order valence-electron chi connectivity index (χ2n) is 6.89. The van der Waals surface area contributed by atoms with E-state index in [0.717, 1.165) is 35.8 Å². The zero-order chi connectivity index (χ0) is 17.8. The van der Waals surface area contributed by atoms with E-state index in [1.807, 2.05) is 20.1 Å². The van der Waals surface area contributed by atoms with Crippen molar-refractivity contribution >= 4 is 23.4 Å². The standard InChI is InChI=1S/C18H27N5OS/c1-12-15(13(2)23-17(20-12)21-18(22-23)25-3)11-16(24)19-10-6-9-14-7-4-5-8-14/h14H,4-11H2,1-3H3,(H,19,24). The van der Waals surface area contributed by atoms with Gasteiger partial charge in [0.2, 0.25) is 11.1 Å². The van der Waals surface area contributed by atoms with Crippen LogP contribution < -0.4 is 5.32 Å². The first-order valence-corrected chi connectivity index (χ1v) is 10.3. The van der Waals surface area contributed by atoms with E-state index in [1.54, 1.807) is 4.52 Å². The van der Waals surface area contributed by atoms with Gasteiger partial charge in [-0.05, 0) is 38.9 Å². The fraction of sp³-hybridized carbons (Fsp3) is 0.667. The lowest BCUT2D eigenvalue weighted by Gasteiger charge is -2.12. The third-order valence-corrected chi connectivity index (χ3v) is 5.67. The molecule has 0 saturated heterocycles. The van der Waals surface area contributed by atoms with Crippen molar-refractivity contribution in [1.82, 2.24) is 24.9 Å². The molecule has 0 spiro atoms. The molecule has 1 N–H and O–H groups in total. The number of hydrogen-bond donors (Lipinski definition) is 1. The van der Waals surface area contributed by atoms with E-state index in [2.05, 4.69) is 20.4 Å². The normalized spacial score (nSPS) is 15.2. The van der Waals surface area contributed by atoms with E-state index in [0.29, 0.717) is 17.4 Å². The highest BCUT2D eigenvalue weighted by Gasteiger charge is 2.17. The Morgan fingerprint density at radius 2 is 2.04 bits per heavy atom. The average Bonchev–Trinajstić information content (AvgIpc) is 3.24. The Balaban J connectivity index is 1.58. The molecule has 0 aliphatic heterocycles. The molecule has 6 nitrogen and oxygen atoms in total. The van der Waals surface area contributed by atoms with Crippen LogP contribution in [0.25, 0.3) is 5.78 Å². The molecule has 1 amide bonds. The highest BCUT2D eigenvalue weighted by Crippen LogP contribution is 2.28. The minimum absolute atomic E-state index is 0.0592. The summed E-state index contributed by atoms with van der Waals surface area (Å²) in [4.78, 5) is 21.2. The zero-order valence-corrected chi connectivity index (χ0v) is 16.2. The Kier molecular flexibility index (Phi) is 5.93. The van der Waals surface area contributed by atoms with Gasteiger partial charge in [0.1, 0.15) is 0 Å². The monoisotopic (exact) mass is 361 g/mol. The lowest BCUT2D eigenvalue weighted by atomic mass is 10.0. The van der Waals surface area contributed by atoms with Crippen LogP contribution in [-0.2, 0) is 11.2 Å². The minimum atomic E-state index is 0.0592. The number of thioether (sulfide) groups is 1. The topological polar surface area (TPSA) is 72.2 Å². The molecule has 0 aromatic carbocycles. The van der Waals surface area contributed by atoms with E-state index in [4.69, 9.17) is 0 Å². The van der Waals surface area contributed by atoms with Crippen molar-refractivity contribution in [2.45, 2.75) is 63.9 Å². The van der Waals surface area contributed by atoms with Gasteiger partial charge in [-0.2, -0.15) is 4.98 Å². The maximum absolute atomic E-state index is 12.3. The minimum Gasteiger partial charge on any atom is -0.356 e. The number of amides is 1. The number of carbonyl (C=O) groups is 1. The molecule has 2 heterocycles. The number of nitrogens with one attached hydrogen (secondary N) is 1. The average molecular weight is 362 g/mol. The molecule has 0 atom stereocenters. The maximum Gasteiger partial charge on any atom is 0.253 e. The van der Waals surface area contributed by atoms with E-state index in [9.17, 15) is 4.79 Å². The van der Waals surface area contributed by atoms with Crippen molar-refractivity contribution in [3.8, 4) is 0 Å². The first-order chi connectivity index (χ1) is 12.1. The van der Waals surface area contributed by atoms with E-state index < -0.39 is 0 Å². The molecule has 136 valence electrons. The van der Waals surface area contributed by atoms with Crippen molar-refractivity contribution < 1.29 is 4.79 Å². The summed E-state index contributed by atoms with van der Waals surface area (Å²) in [6.45, 7) is 4.68.